The number of nitrogens with two attached hydrogens (primary N) is 1. The Morgan fingerprint density at radius 2 is 1.81 bits per heavy atom. The van der Waals surface area contributed by atoms with Gasteiger partial charge in [-0.1, -0.05) is 13.8 Å². The van der Waals surface area contributed by atoms with E-state index in [4.69, 9.17) is 5.73 Å². The van der Waals surface area contributed by atoms with Crippen molar-refractivity contribution in [2.24, 2.45) is 23.0 Å². The molecule has 2 heteroatoms. The molecule has 0 amide bonds. The van der Waals surface area contributed by atoms with Crippen LogP contribution in [-0.2, 0) is 0 Å². The highest BCUT2D eigenvalue weighted by Gasteiger charge is 2.55. The zero-order valence-corrected chi connectivity index (χ0v) is 10.8. The molecule has 92 valence electrons. The van der Waals surface area contributed by atoms with Gasteiger partial charge >= 0.3 is 0 Å². The van der Waals surface area contributed by atoms with E-state index in [2.05, 4.69) is 19.2 Å². The Morgan fingerprint density at radius 3 is 2.31 bits per heavy atom. The van der Waals surface area contributed by atoms with E-state index < -0.39 is 0 Å². The van der Waals surface area contributed by atoms with Crippen LogP contribution in [-0.4, -0.2) is 18.1 Å². The molecule has 0 aromatic carbocycles. The minimum absolute atomic E-state index is 0.211. The van der Waals surface area contributed by atoms with Crippen LogP contribution in [0.4, 0.5) is 0 Å². The van der Waals surface area contributed by atoms with Gasteiger partial charge in [0.05, 0.1) is 0 Å². The Bertz CT molecular complexity index is 270. The van der Waals surface area contributed by atoms with Gasteiger partial charge in [-0.15, -0.1) is 0 Å². The zero-order valence-electron chi connectivity index (χ0n) is 10.8. The summed E-state index contributed by atoms with van der Waals surface area (Å²) in [7, 11) is 0. The number of hydrogen-bond donors (Lipinski definition) is 2. The van der Waals surface area contributed by atoms with E-state index >= 15 is 0 Å². The SMILES string of the molecule is CC(C)NCC12CC3CC(CC(N)(C3)C1)C2. The van der Waals surface area contributed by atoms with Gasteiger partial charge in [0.25, 0.3) is 0 Å². The standard InChI is InChI=1S/C14H26N2/c1-10(2)16-9-13-4-11-3-12(5-13)7-14(15,6-11)8-13/h10-12,16H,3-9,15H2,1-2H3. The number of nitrogens with one attached hydrogen (secondary N) is 1. The molecular weight excluding hydrogens is 196 g/mol. The predicted molar refractivity (Wildman–Crippen MR) is 67.2 cm³/mol. The average molecular weight is 222 g/mol. The molecule has 0 aliphatic heterocycles. The Balaban J connectivity index is 1.76. The monoisotopic (exact) mass is 222 g/mol. The molecule has 2 unspecified atom stereocenters. The van der Waals surface area contributed by atoms with Crippen LogP contribution >= 0.6 is 0 Å². The summed E-state index contributed by atoms with van der Waals surface area (Å²) in [6, 6.07) is 0.613. The van der Waals surface area contributed by atoms with E-state index in [0.29, 0.717) is 11.5 Å². The van der Waals surface area contributed by atoms with E-state index in [0.717, 1.165) is 11.8 Å². The van der Waals surface area contributed by atoms with Crippen LogP contribution in [0.2, 0.25) is 0 Å². The summed E-state index contributed by atoms with van der Waals surface area (Å²) < 4.78 is 0. The maximum atomic E-state index is 6.58. The lowest BCUT2D eigenvalue weighted by Gasteiger charge is -2.61. The molecular formula is C14H26N2. The maximum absolute atomic E-state index is 6.58. The van der Waals surface area contributed by atoms with Crippen molar-refractivity contribution in [3.05, 3.63) is 0 Å². The number of hydrogen-bond acceptors (Lipinski definition) is 2. The van der Waals surface area contributed by atoms with Gasteiger partial charge in [0.15, 0.2) is 0 Å². The lowest BCUT2D eigenvalue weighted by atomic mass is 9.47. The largest absolute Gasteiger partial charge is 0.325 e. The number of rotatable bonds is 3. The molecule has 3 N–H and O–H groups in total. The van der Waals surface area contributed by atoms with Crippen molar-refractivity contribution in [2.75, 3.05) is 6.54 Å². The summed E-state index contributed by atoms with van der Waals surface area (Å²) in [5, 5.41) is 3.66. The molecule has 0 aromatic rings. The van der Waals surface area contributed by atoms with Gasteiger partial charge in [-0.25, -0.2) is 0 Å². The zero-order chi connectivity index (χ0) is 11.4. The minimum atomic E-state index is 0.211. The van der Waals surface area contributed by atoms with Crippen molar-refractivity contribution in [1.82, 2.24) is 5.32 Å². The van der Waals surface area contributed by atoms with Gasteiger partial charge < -0.3 is 11.1 Å². The maximum Gasteiger partial charge on any atom is 0.0165 e. The van der Waals surface area contributed by atoms with Crippen LogP contribution in [0, 0.1) is 17.3 Å². The highest BCUT2D eigenvalue weighted by Crippen LogP contribution is 2.60. The molecule has 2 nitrogen and oxygen atoms in total. The van der Waals surface area contributed by atoms with Crippen molar-refractivity contribution in [3.8, 4) is 0 Å². The van der Waals surface area contributed by atoms with Gasteiger partial charge in [-0.2, -0.15) is 0 Å². The van der Waals surface area contributed by atoms with Crippen molar-refractivity contribution in [2.45, 2.75) is 64.0 Å². The van der Waals surface area contributed by atoms with Crippen molar-refractivity contribution in [3.63, 3.8) is 0 Å². The fraction of sp³-hybridized carbons (Fsp3) is 1.00. The summed E-state index contributed by atoms with van der Waals surface area (Å²) in [4.78, 5) is 0. The predicted octanol–water partition coefficient (Wildman–Crippen LogP) is 2.28. The topological polar surface area (TPSA) is 38.0 Å². The first-order chi connectivity index (χ1) is 7.49. The Labute approximate surface area is 99.4 Å². The van der Waals surface area contributed by atoms with Crippen LogP contribution < -0.4 is 11.1 Å². The van der Waals surface area contributed by atoms with Gasteiger partial charge in [0.1, 0.15) is 0 Å². The second-order valence-electron chi connectivity index (χ2n) is 7.36. The van der Waals surface area contributed by atoms with E-state index in [-0.39, 0.29) is 5.54 Å². The van der Waals surface area contributed by atoms with Gasteiger partial charge in [-0.3, -0.25) is 0 Å². The average Bonchev–Trinajstić information content (AvgIpc) is 2.10. The first-order valence-electron chi connectivity index (χ1n) is 7.01. The van der Waals surface area contributed by atoms with E-state index in [1.165, 1.54) is 45.1 Å². The van der Waals surface area contributed by atoms with E-state index in [1.807, 2.05) is 0 Å². The van der Waals surface area contributed by atoms with Gasteiger partial charge in [0, 0.05) is 18.1 Å². The van der Waals surface area contributed by atoms with Crippen molar-refractivity contribution >= 4 is 0 Å². The molecule has 4 fully saturated rings. The molecule has 4 aliphatic rings. The summed E-state index contributed by atoms with van der Waals surface area (Å²) in [5.41, 5.74) is 7.35. The smallest absolute Gasteiger partial charge is 0.0165 e. The minimum Gasteiger partial charge on any atom is -0.325 e. The molecule has 4 bridgehead atoms. The third kappa shape index (κ3) is 1.80. The van der Waals surface area contributed by atoms with Crippen LogP contribution in [0.25, 0.3) is 0 Å². The van der Waals surface area contributed by atoms with E-state index in [9.17, 15) is 0 Å². The van der Waals surface area contributed by atoms with Gasteiger partial charge in [0.2, 0.25) is 0 Å². The first kappa shape index (κ1) is 11.0. The normalized spacial score (nSPS) is 50.2. The third-order valence-electron chi connectivity index (χ3n) is 5.11. The lowest BCUT2D eigenvalue weighted by molar-refractivity contribution is -0.0663. The Kier molecular flexibility index (Phi) is 2.38. The summed E-state index contributed by atoms with van der Waals surface area (Å²) in [6.07, 6.45) is 8.28. The fourth-order valence-corrected chi connectivity index (χ4v) is 5.15. The van der Waals surface area contributed by atoms with Crippen molar-refractivity contribution in [1.29, 1.82) is 0 Å². The van der Waals surface area contributed by atoms with E-state index in [1.54, 1.807) is 0 Å². The first-order valence-corrected chi connectivity index (χ1v) is 7.01. The Hall–Kier alpha value is -0.0800. The van der Waals surface area contributed by atoms with Crippen LogP contribution in [0.15, 0.2) is 0 Å². The lowest BCUT2D eigenvalue weighted by Crippen LogP contribution is -2.62. The molecule has 0 saturated heterocycles. The fourth-order valence-electron chi connectivity index (χ4n) is 5.15. The summed E-state index contributed by atoms with van der Waals surface area (Å²) >= 11 is 0. The second kappa shape index (κ2) is 3.46. The molecule has 2 atom stereocenters. The van der Waals surface area contributed by atoms with Crippen molar-refractivity contribution < 1.29 is 0 Å². The molecule has 0 spiro atoms. The third-order valence-corrected chi connectivity index (χ3v) is 5.11. The van der Waals surface area contributed by atoms with Crippen LogP contribution in [0.3, 0.4) is 0 Å². The quantitative estimate of drug-likeness (QED) is 0.769. The molecule has 4 saturated carbocycles. The molecule has 0 aromatic heterocycles. The molecule has 0 heterocycles. The van der Waals surface area contributed by atoms with Crippen LogP contribution in [0.5, 0.6) is 0 Å². The molecule has 4 rings (SSSR count). The summed E-state index contributed by atoms with van der Waals surface area (Å²) in [5.74, 6) is 1.89. The van der Waals surface area contributed by atoms with Gasteiger partial charge in [-0.05, 0) is 55.8 Å². The van der Waals surface area contributed by atoms with Crippen LogP contribution in [0.1, 0.15) is 52.4 Å². The molecule has 16 heavy (non-hydrogen) atoms. The highest BCUT2D eigenvalue weighted by molar-refractivity contribution is 5.11. The summed E-state index contributed by atoms with van der Waals surface area (Å²) in [6.45, 7) is 5.70. The highest BCUT2D eigenvalue weighted by atomic mass is 14.9. The Morgan fingerprint density at radius 1 is 1.19 bits per heavy atom. The second-order valence-corrected chi connectivity index (χ2v) is 7.36. The molecule has 0 radical (unpaired) electrons. The molecule has 4 aliphatic carbocycles.